The zero-order valence-corrected chi connectivity index (χ0v) is 14.0. The van der Waals surface area contributed by atoms with Gasteiger partial charge in [0.2, 0.25) is 5.91 Å². The third-order valence-corrected chi connectivity index (χ3v) is 3.88. The van der Waals surface area contributed by atoms with E-state index in [1.807, 2.05) is 31.2 Å². The summed E-state index contributed by atoms with van der Waals surface area (Å²) in [5.41, 5.74) is 1.91. The number of methoxy groups -OCH3 is 1. The number of aromatic hydroxyl groups is 2. The molecule has 2 aromatic carbocycles. The number of phenols is 2. The third kappa shape index (κ3) is 4.91. The Morgan fingerprint density at radius 1 is 1.12 bits per heavy atom. The smallest absolute Gasteiger partial charge is 0.223 e. The SMILES string of the molecule is COc1cccc(CCNC(=O)C(C)Cc2ccc(O)c(O)c2)c1. The number of rotatable bonds is 7. The molecule has 1 atom stereocenters. The van der Waals surface area contributed by atoms with Gasteiger partial charge in [-0.15, -0.1) is 0 Å². The number of carbonyl (C=O) groups excluding carboxylic acids is 1. The quantitative estimate of drug-likeness (QED) is 0.682. The first-order chi connectivity index (χ1) is 11.5. The number of nitrogens with one attached hydrogen (secondary N) is 1. The molecular formula is C19H23NO4. The van der Waals surface area contributed by atoms with Crippen molar-refractivity contribution in [2.45, 2.75) is 19.8 Å². The number of hydrogen-bond acceptors (Lipinski definition) is 4. The van der Waals surface area contributed by atoms with Crippen molar-refractivity contribution in [3.8, 4) is 17.2 Å². The summed E-state index contributed by atoms with van der Waals surface area (Å²) in [6.07, 6.45) is 1.23. The molecule has 5 nitrogen and oxygen atoms in total. The predicted molar refractivity (Wildman–Crippen MR) is 92.3 cm³/mol. The molecule has 3 N–H and O–H groups in total. The van der Waals surface area contributed by atoms with E-state index in [1.165, 1.54) is 12.1 Å². The lowest BCUT2D eigenvalue weighted by molar-refractivity contribution is -0.124. The molecule has 1 unspecified atom stereocenters. The van der Waals surface area contributed by atoms with Crippen molar-refractivity contribution in [3.63, 3.8) is 0 Å². The Balaban J connectivity index is 1.81. The van der Waals surface area contributed by atoms with Gasteiger partial charge in [0.15, 0.2) is 11.5 Å². The molecule has 5 heteroatoms. The number of amides is 1. The molecule has 2 rings (SSSR count). The average molecular weight is 329 g/mol. The molecule has 0 aliphatic heterocycles. The van der Waals surface area contributed by atoms with Crippen LogP contribution in [0.25, 0.3) is 0 Å². The van der Waals surface area contributed by atoms with Gasteiger partial charge >= 0.3 is 0 Å². The minimum Gasteiger partial charge on any atom is -0.504 e. The van der Waals surface area contributed by atoms with Gasteiger partial charge in [0, 0.05) is 12.5 Å². The van der Waals surface area contributed by atoms with Crippen molar-refractivity contribution in [3.05, 3.63) is 53.6 Å². The maximum atomic E-state index is 12.2. The molecule has 0 saturated heterocycles. The van der Waals surface area contributed by atoms with Gasteiger partial charge in [-0.3, -0.25) is 4.79 Å². The molecule has 0 aromatic heterocycles. The van der Waals surface area contributed by atoms with Crippen LogP contribution in [-0.4, -0.2) is 29.8 Å². The van der Waals surface area contributed by atoms with Crippen LogP contribution in [0.3, 0.4) is 0 Å². The molecule has 0 heterocycles. The summed E-state index contributed by atoms with van der Waals surface area (Å²) in [5, 5.41) is 21.7. The average Bonchev–Trinajstić information content (AvgIpc) is 2.58. The van der Waals surface area contributed by atoms with E-state index in [1.54, 1.807) is 13.2 Å². The zero-order chi connectivity index (χ0) is 17.5. The molecule has 2 aromatic rings. The van der Waals surface area contributed by atoms with Crippen molar-refractivity contribution in [2.75, 3.05) is 13.7 Å². The fraction of sp³-hybridized carbons (Fsp3) is 0.316. The minimum absolute atomic E-state index is 0.0366. The lowest BCUT2D eigenvalue weighted by Gasteiger charge is -2.13. The highest BCUT2D eigenvalue weighted by Gasteiger charge is 2.14. The first-order valence-corrected chi connectivity index (χ1v) is 7.91. The molecule has 1 amide bonds. The predicted octanol–water partition coefficient (Wildman–Crippen LogP) is 2.64. The van der Waals surface area contributed by atoms with Crippen molar-refractivity contribution >= 4 is 5.91 Å². The van der Waals surface area contributed by atoms with E-state index in [-0.39, 0.29) is 23.3 Å². The summed E-state index contributed by atoms with van der Waals surface area (Å²) in [5.74, 6) is 0.219. The Labute approximate surface area is 141 Å². The maximum Gasteiger partial charge on any atom is 0.223 e. The zero-order valence-electron chi connectivity index (χ0n) is 14.0. The van der Waals surface area contributed by atoms with Crippen LogP contribution >= 0.6 is 0 Å². The van der Waals surface area contributed by atoms with Gasteiger partial charge in [0.1, 0.15) is 5.75 Å². The Morgan fingerprint density at radius 3 is 2.62 bits per heavy atom. The summed E-state index contributed by atoms with van der Waals surface area (Å²) < 4.78 is 5.18. The lowest BCUT2D eigenvalue weighted by atomic mass is 10.00. The second kappa shape index (κ2) is 8.24. The molecule has 24 heavy (non-hydrogen) atoms. The Bertz CT molecular complexity index is 700. The van der Waals surface area contributed by atoms with Crippen LogP contribution in [0.5, 0.6) is 17.2 Å². The molecule has 0 radical (unpaired) electrons. The van der Waals surface area contributed by atoms with E-state index in [2.05, 4.69) is 5.32 Å². The molecule has 0 aliphatic rings. The fourth-order valence-electron chi connectivity index (χ4n) is 2.47. The van der Waals surface area contributed by atoms with Crippen molar-refractivity contribution in [1.29, 1.82) is 0 Å². The minimum atomic E-state index is -0.223. The van der Waals surface area contributed by atoms with Gasteiger partial charge in [0.05, 0.1) is 7.11 Å². The van der Waals surface area contributed by atoms with Crippen molar-refractivity contribution < 1.29 is 19.7 Å². The van der Waals surface area contributed by atoms with Crippen molar-refractivity contribution in [2.24, 2.45) is 5.92 Å². The second-order valence-electron chi connectivity index (χ2n) is 5.82. The topological polar surface area (TPSA) is 78.8 Å². The van der Waals surface area contributed by atoms with Crippen LogP contribution in [0.2, 0.25) is 0 Å². The van der Waals surface area contributed by atoms with Gasteiger partial charge in [-0.25, -0.2) is 0 Å². The summed E-state index contributed by atoms with van der Waals surface area (Å²) in [7, 11) is 1.63. The highest BCUT2D eigenvalue weighted by molar-refractivity contribution is 5.78. The Kier molecular flexibility index (Phi) is 6.07. The van der Waals surface area contributed by atoms with Crippen molar-refractivity contribution in [1.82, 2.24) is 5.32 Å². The summed E-state index contributed by atoms with van der Waals surface area (Å²) in [6, 6.07) is 12.4. The van der Waals surface area contributed by atoms with E-state index < -0.39 is 0 Å². The normalized spacial score (nSPS) is 11.8. The van der Waals surface area contributed by atoms with E-state index >= 15 is 0 Å². The van der Waals surface area contributed by atoms with Crippen LogP contribution in [0.1, 0.15) is 18.1 Å². The molecule has 0 spiro atoms. The number of carbonyl (C=O) groups is 1. The summed E-state index contributed by atoms with van der Waals surface area (Å²) >= 11 is 0. The molecule has 0 saturated carbocycles. The molecule has 0 bridgehead atoms. The first-order valence-electron chi connectivity index (χ1n) is 7.91. The van der Waals surface area contributed by atoms with Crippen LogP contribution in [0.15, 0.2) is 42.5 Å². The lowest BCUT2D eigenvalue weighted by Crippen LogP contribution is -2.31. The summed E-state index contributed by atoms with van der Waals surface area (Å²) in [6.45, 7) is 2.39. The van der Waals surface area contributed by atoms with Crippen LogP contribution in [0.4, 0.5) is 0 Å². The van der Waals surface area contributed by atoms with Crippen LogP contribution < -0.4 is 10.1 Å². The van der Waals surface area contributed by atoms with Crippen LogP contribution in [-0.2, 0) is 17.6 Å². The van der Waals surface area contributed by atoms with Gasteiger partial charge < -0.3 is 20.3 Å². The summed E-state index contributed by atoms with van der Waals surface area (Å²) in [4.78, 5) is 12.2. The number of ether oxygens (including phenoxy) is 1. The number of benzene rings is 2. The maximum absolute atomic E-state index is 12.2. The van der Waals surface area contributed by atoms with Gasteiger partial charge in [0.25, 0.3) is 0 Å². The van der Waals surface area contributed by atoms with Gasteiger partial charge in [-0.2, -0.15) is 0 Å². The van der Waals surface area contributed by atoms with E-state index in [9.17, 15) is 15.0 Å². The molecule has 128 valence electrons. The monoisotopic (exact) mass is 329 g/mol. The van der Waals surface area contributed by atoms with Gasteiger partial charge in [-0.1, -0.05) is 25.1 Å². The van der Waals surface area contributed by atoms with E-state index in [4.69, 9.17) is 4.74 Å². The standard InChI is InChI=1S/C19H23NO4/c1-13(10-15-6-7-17(21)18(22)12-15)19(23)20-9-8-14-4-3-5-16(11-14)24-2/h3-7,11-13,21-22H,8-10H2,1-2H3,(H,20,23). The third-order valence-electron chi connectivity index (χ3n) is 3.88. The largest absolute Gasteiger partial charge is 0.504 e. The molecule has 0 aliphatic carbocycles. The Hall–Kier alpha value is -2.69. The highest BCUT2D eigenvalue weighted by atomic mass is 16.5. The number of phenolic OH excluding ortho intramolecular Hbond substituents is 2. The van der Waals surface area contributed by atoms with E-state index in [0.717, 1.165) is 23.3 Å². The van der Waals surface area contributed by atoms with Gasteiger partial charge in [-0.05, 0) is 48.2 Å². The first kappa shape index (κ1) is 17.7. The number of hydrogen-bond donors (Lipinski definition) is 3. The van der Waals surface area contributed by atoms with E-state index in [0.29, 0.717) is 13.0 Å². The molecule has 0 fully saturated rings. The Morgan fingerprint density at radius 2 is 1.92 bits per heavy atom. The fourth-order valence-corrected chi connectivity index (χ4v) is 2.47. The highest BCUT2D eigenvalue weighted by Crippen LogP contribution is 2.26. The molecular weight excluding hydrogens is 306 g/mol. The van der Waals surface area contributed by atoms with Crippen LogP contribution in [0, 0.1) is 5.92 Å². The second-order valence-corrected chi connectivity index (χ2v) is 5.82.